The van der Waals surface area contributed by atoms with Crippen molar-refractivity contribution in [3.05, 3.63) is 38.1 Å². The summed E-state index contributed by atoms with van der Waals surface area (Å²) in [6.07, 6.45) is -2.03. The zero-order valence-corrected chi connectivity index (χ0v) is 18.8. The minimum absolute atomic E-state index is 0. The van der Waals surface area contributed by atoms with E-state index in [9.17, 15) is 13.2 Å². The molecule has 0 spiro atoms. The van der Waals surface area contributed by atoms with Gasteiger partial charge in [-0.15, -0.1) is 36.2 Å². The van der Waals surface area contributed by atoms with Gasteiger partial charge in [0.25, 0.3) is 0 Å². The minimum Gasteiger partial charge on any atom is -0.337 e. The molecule has 3 aromatic rings. The molecule has 0 atom stereocenters. The summed E-state index contributed by atoms with van der Waals surface area (Å²) in [6.45, 7) is 3.06. The van der Waals surface area contributed by atoms with Crippen LogP contribution in [0.25, 0.3) is 11.2 Å². The molecule has 0 saturated carbocycles. The monoisotopic (exact) mass is 519 g/mol. The van der Waals surface area contributed by atoms with E-state index in [1.165, 1.54) is 0 Å². The van der Waals surface area contributed by atoms with Crippen LogP contribution in [0.4, 0.5) is 19.1 Å². The van der Waals surface area contributed by atoms with Gasteiger partial charge in [0.05, 0.1) is 12.1 Å². The lowest BCUT2D eigenvalue weighted by Gasteiger charge is -2.21. The first-order valence-electron chi connectivity index (χ1n) is 7.92. The fraction of sp³-hybridized carbons (Fsp3) is 0.375. The smallest absolute Gasteiger partial charge is 0.337 e. The molecule has 0 aliphatic carbocycles. The third-order valence-electron chi connectivity index (χ3n) is 3.94. The number of thiophene rings is 1. The van der Waals surface area contributed by atoms with Crippen LogP contribution in [0.15, 0.2) is 22.8 Å². The van der Waals surface area contributed by atoms with Crippen LogP contribution in [-0.4, -0.2) is 28.0 Å². The zero-order chi connectivity index (χ0) is 18.9. The Labute approximate surface area is 184 Å². The number of imidazole rings is 1. The van der Waals surface area contributed by atoms with Crippen LogP contribution >= 0.6 is 52.1 Å². The van der Waals surface area contributed by atoms with Crippen LogP contribution in [0.1, 0.15) is 21.7 Å². The van der Waals surface area contributed by atoms with E-state index in [1.54, 1.807) is 19.2 Å². The molecule has 3 heterocycles. The van der Waals surface area contributed by atoms with E-state index < -0.39 is 11.1 Å². The lowest BCUT2D eigenvalue weighted by molar-refractivity contribution is -0.134. The largest absolute Gasteiger partial charge is 0.426 e. The Hall–Kier alpha value is -1.07. The van der Waals surface area contributed by atoms with Crippen molar-refractivity contribution < 1.29 is 13.2 Å². The SMILES string of the molecule is Cc1c(CN(CCCN)c2nc3ncccc3[nH]2)sc(C(F)(F)F)c1Br.Cl.Cl. The van der Waals surface area contributed by atoms with E-state index in [-0.39, 0.29) is 29.3 Å². The summed E-state index contributed by atoms with van der Waals surface area (Å²) < 4.78 is 39.6. The fourth-order valence-corrected chi connectivity index (χ4v) is 4.49. The molecule has 12 heteroatoms. The minimum atomic E-state index is -4.38. The molecule has 0 aliphatic rings. The molecule has 5 nitrogen and oxygen atoms in total. The average molecular weight is 521 g/mol. The topological polar surface area (TPSA) is 70.8 Å². The van der Waals surface area contributed by atoms with Crippen molar-refractivity contribution in [2.45, 2.75) is 26.1 Å². The van der Waals surface area contributed by atoms with Gasteiger partial charge in [-0.2, -0.15) is 18.2 Å². The molecule has 0 amide bonds. The maximum atomic E-state index is 13.2. The molecule has 28 heavy (non-hydrogen) atoms. The van der Waals surface area contributed by atoms with Crippen molar-refractivity contribution in [1.29, 1.82) is 0 Å². The number of H-pyrrole nitrogens is 1. The van der Waals surface area contributed by atoms with E-state index in [4.69, 9.17) is 5.73 Å². The number of hydrogen-bond donors (Lipinski definition) is 2. The van der Waals surface area contributed by atoms with E-state index in [1.807, 2.05) is 11.0 Å². The van der Waals surface area contributed by atoms with Gasteiger partial charge < -0.3 is 15.6 Å². The zero-order valence-electron chi connectivity index (χ0n) is 14.7. The van der Waals surface area contributed by atoms with Crippen LogP contribution in [-0.2, 0) is 12.7 Å². The maximum Gasteiger partial charge on any atom is 0.426 e. The summed E-state index contributed by atoms with van der Waals surface area (Å²) in [4.78, 5) is 13.8. The number of anilines is 1. The van der Waals surface area contributed by atoms with Crippen molar-refractivity contribution in [2.75, 3.05) is 18.0 Å². The van der Waals surface area contributed by atoms with Gasteiger partial charge in [-0.1, -0.05) is 0 Å². The average Bonchev–Trinajstić information content (AvgIpc) is 3.14. The van der Waals surface area contributed by atoms with Crippen LogP contribution < -0.4 is 10.6 Å². The highest BCUT2D eigenvalue weighted by molar-refractivity contribution is 9.10. The number of nitrogens with one attached hydrogen (secondary N) is 1. The van der Waals surface area contributed by atoms with Gasteiger partial charge in [0, 0.05) is 22.1 Å². The van der Waals surface area contributed by atoms with Gasteiger partial charge in [-0.05, 0) is 53.5 Å². The van der Waals surface area contributed by atoms with Gasteiger partial charge in [0.1, 0.15) is 4.88 Å². The maximum absolute atomic E-state index is 13.2. The number of alkyl halides is 3. The van der Waals surface area contributed by atoms with Gasteiger partial charge in [0.2, 0.25) is 5.95 Å². The molecule has 3 aromatic heterocycles. The second-order valence-corrected chi connectivity index (χ2v) is 7.69. The number of hydrogen-bond acceptors (Lipinski definition) is 5. The number of rotatable bonds is 6. The first kappa shape index (κ1) is 25.0. The fourth-order valence-electron chi connectivity index (χ4n) is 2.57. The summed E-state index contributed by atoms with van der Waals surface area (Å²) in [5, 5.41) is 0. The number of nitrogens with two attached hydrogens (primary N) is 1. The Morgan fingerprint density at radius 3 is 2.61 bits per heavy atom. The quantitative estimate of drug-likeness (QED) is 0.462. The summed E-state index contributed by atoms with van der Waals surface area (Å²) in [5.74, 6) is 0.574. The molecule has 0 aromatic carbocycles. The lowest BCUT2D eigenvalue weighted by Crippen LogP contribution is -2.26. The van der Waals surface area contributed by atoms with Crippen LogP contribution in [0.2, 0.25) is 0 Å². The molecule has 156 valence electrons. The molecule has 0 unspecified atom stereocenters. The number of aromatic amines is 1. The number of nitrogens with zero attached hydrogens (tertiary/aromatic N) is 3. The number of halogens is 6. The molecular formula is C16H19BrCl2F3N5S. The van der Waals surface area contributed by atoms with E-state index >= 15 is 0 Å². The summed E-state index contributed by atoms with van der Waals surface area (Å²) in [6, 6.07) is 3.65. The molecule has 0 radical (unpaired) electrons. The normalized spacial score (nSPS) is 11.2. The first-order chi connectivity index (χ1) is 12.3. The second kappa shape index (κ2) is 10.1. The summed E-state index contributed by atoms with van der Waals surface area (Å²) in [7, 11) is 0. The summed E-state index contributed by atoms with van der Waals surface area (Å²) in [5.41, 5.74) is 7.56. The van der Waals surface area contributed by atoms with Crippen LogP contribution in [0.3, 0.4) is 0 Å². The molecule has 0 saturated heterocycles. The van der Waals surface area contributed by atoms with Crippen LogP contribution in [0.5, 0.6) is 0 Å². The Kier molecular flexibility index (Phi) is 9.01. The Balaban J connectivity index is 0.00000196. The Bertz CT molecular complexity index is 882. The standard InChI is InChI=1S/C16H17BrF3N5S.2ClH/c1-9-11(26-13(12(9)17)16(18,19)20)8-25(7-3-5-21)15-23-10-4-2-6-22-14(10)24-15;;/h2,4,6H,3,5,7-8,21H2,1H3,(H,22,23,24);2*1H. The number of pyridine rings is 1. The highest BCUT2D eigenvalue weighted by Gasteiger charge is 2.37. The molecule has 3 N–H and O–H groups in total. The predicted octanol–water partition coefficient (Wildman–Crippen LogP) is 5.31. The van der Waals surface area contributed by atoms with Gasteiger partial charge in [-0.3, -0.25) is 0 Å². The molecule has 3 rings (SSSR count). The number of fused-ring (bicyclic) bond motifs is 1. The van der Waals surface area contributed by atoms with Gasteiger partial charge in [0.15, 0.2) is 5.65 Å². The van der Waals surface area contributed by atoms with Gasteiger partial charge in [-0.25, -0.2) is 4.98 Å². The third-order valence-corrected chi connectivity index (χ3v) is 6.52. The highest BCUT2D eigenvalue weighted by atomic mass is 79.9. The molecule has 0 aliphatic heterocycles. The van der Waals surface area contributed by atoms with Crippen molar-refractivity contribution in [1.82, 2.24) is 15.0 Å². The van der Waals surface area contributed by atoms with E-state index in [0.29, 0.717) is 48.1 Å². The third kappa shape index (κ3) is 5.29. The predicted molar refractivity (Wildman–Crippen MR) is 115 cm³/mol. The van der Waals surface area contributed by atoms with Crippen molar-refractivity contribution in [3.8, 4) is 0 Å². The lowest BCUT2D eigenvalue weighted by atomic mass is 10.2. The van der Waals surface area contributed by atoms with Gasteiger partial charge >= 0.3 is 6.18 Å². The van der Waals surface area contributed by atoms with Crippen molar-refractivity contribution in [3.63, 3.8) is 0 Å². The van der Waals surface area contributed by atoms with Crippen molar-refractivity contribution in [2.24, 2.45) is 5.73 Å². The molecular weight excluding hydrogens is 502 g/mol. The number of aromatic nitrogens is 3. The highest BCUT2D eigenvalue weighted by Crippen LogP contribution is 2.43. The van der Waals surface area contributed by atoms with E-state index in [2.05, 4.69) is 30.9 Å². The Morgan fingerprint density at radius 2 is 2.04 bits per heavy atom. The second-order valence-electron chi connectivity index (χ2n) is 5.79. The Morgan fingerprint density at radius 1 is 1.32 bits per heavy atom. The molecule has 0 bridgehead atoms. The van der Waals surface area contributed by atoms with Crippen LogP contribution in [0, 0.1) is 6.92 Å². The van der Waals surface area contributed by atoms with E-state index in [0.717, 1.165) is 16.9 Å². The summed E-state index contributed by atoms with van der Waals surface area (Å²) >= 11 is 3.84. The first-order valence-corrected chi connectivity index (χ1v) is 9.53. The molecule has 0 fully saturated rings. The van der Waals surface area contributed by atoms with Crippen molar-refractivity contribution >= 4 is 69.2 Å².